The minimum absolute atomic E-state index is 0.137. The maximum Gasteiger partial charge on any atom is 0.234 e. The summed E-state index contributed by atoms with van der Waals surface area (Å²) in [5.74, 6) is 1.59. The molecule has 2 saturated heterocycles. The van der Waals surface area contributed by atoms with E-state index < -0.39 is 0 Å². The lowest BCUT2D eigenvalue weighted by molar-refractivity contribution is -0.123. The van der Waals surface area contributed by atoms with Crippen LogP contribution in [0, 0.1) is 23.2 Å². The minimum Gasteiger partial charge on any atom is -0.355 e. The van der Waals surface area contributed by atoms with Gasteiger partial charge in [0.1, 0.15) is 6.07 Å². The lowest BCUT2D eigenvalue weighted by Crippen LogP contribution is -2.45. The molecule has 6 nitrogen and oxygen atoms in total. The molecular formula is C25H33N5O. The summed E-state index contributed by atoms with van der Waals surface area (Å²) < 4.78 is 0. The van der Waals surface area contributed by atoms with Crippen LogP contribution in [-0.4, -0.2) is 67.0 Å². The zero-order chi connectivity index (χ0) is 21.8. The van der Waals surface area contributed by atoms with Gasteiger partial charge >= 0.3 is 0 Å². The van der Waals surface area contributed by atoms with Gasteiger partial charge in [-0.15, -0.1) is 0 Å². The molecule has 0 bridgehead atoms. The van der Waals surface area contributed by atoms with Gasteiger partial charge in [0.2, 0.25) is 5.91 Å². The van der Waals surface area contributed by atoms with Crippen molar-refractivity contribution in [2.45, 2.75) is 32.1 Å². The molecule has 2 atom stereocenters. The van der Waals surface area contributed by atoms with Crippen LogP contribution in [0.25, 0.3) is 10.9 Å². The fourth-order valence-corrected chi connectivity index (χ4v) is 5.24. The average molecular weight is 420 g/mol. The van der Waals surface area contributed by atoms with Crippen molar-refractivity contribution in [3.05, 3.63) is 41.6 Å². The smallest absolute Gasteiger partial charge is 0.234 e. The first-order chi connectivity index (χ1) is 15.0. The lowest BCUT2D eigenvalue weighted by Gasteiger charge is -2.37. The number of hydrogen-bond donors (Lipinski definition) is 1. The van der Waals surface area contributed by atoms with E-state index in [-0.39, 0.29) is 5.91 Å². The molecule has 0 saturated carbocycles. The first-order valence-electron chi connectivity index (χ1n) is 11.5. The molecule has 0 unspecified atom stereocenters. The van der Waals surface area contributed by atoms with E-state index in [0.29, 0.717) is 29.9 Å². The molecular weight excluding hydrogens is 386 g/mol. The van der Waals surface area contributed by atoms with Gasteiger partial charge in [0.15, 0.2) is 0 Å². The summed E-state index contributed by atoms with van der Waals surface area (Å²) in [7, 11) is 2.16. The largest absolute Gasteiger partial charge is 0.355 e. The molecule has 1 amide bonds. The van der Waals surface area contributed by atoms with Gasteiger partial charge in [0.25, 0.3) is 0 Å². The molecule has 1 N–H and O–H groups in total. The standard InChI is InChI=1S/C25H33N5O/c1-18-12-21(22-6-5-20(13-26)25-23(22)4-3-9-27-25)16-30(15-18)17-24(31)28-14-19-7-10-29(2)11-8-19/h3-6,9,18-19,21H,7-8,10-12,14-17H2,1-2H3,(H,28,31)/t18-,21+/m1/s1. The number of nitrogens with zero attached hydrogens (tertiary/aromatic N) is 4. The summed E-state index contributed by atoms with van der Waals surface area (Å²) in [6.07, 6.45) is 5.17. The van der Waals surface area contributed by atoms with E-state index in [9.17, 15) is 10.1 Å². The summed E-state index contributed by atoms with van der Waals surface area (Å²) in [5.41, 5.74) is 2.64. The van der Waals surface area contributed by atoms with Crippen molar-refractivity contribution in [3.63, 3.8) is 0 Å². The Hall–Kier alpha value is -2.49. The molecule has 2 aliphatic rings. The molecule has 0 aliphatic carbocycles. The van der Waals surface area contributed by atoms with Gasteiger partial charge < -0.3 is 10.2 Å². The number of piperidine rings is 2. The fraction of sp³-hybridized carbons (Fsp3) is 0.560. The number of amides is 1. The van der Waals surface area contributed by atoms with E-state index in [1.807, 2.05) is 12.1 Å². The average Bonchev–Trinajstić information content (AvgIpc) is 2.77. The second kappa shape index (κ2) is 9.76. The molecule has 0 spiro atoms. The zero-order valence-electron chi connectivity index (χ0n) is 18.7. The molecule has 0 radical (unpaired) electrons. The lowest BCUT2D eigenvalue weighted by atomic mass is 9.83. The first kappa shape index (κ1) is 21.7. The number of nitrogens with one attached hydrogen (secondary N) is 1. The van der Waals surface area contributed by atoms with E-state index >= 15 is 0 Å². The normalized spacial score (nSPS) is 23.5. The SMILES string of the molecule is C[C@@H]1C[C@H](c2ccc(C#N)c3ncccc23)CN(CC(=O)NCC2CCN(C)CC2)C1. The van der Waals surface area contributed by atoms with Crippen LogP contribution >= 0.6 is 0 Å². The van der Waals surface area contributed by atoms with Crippen molar-refractivity contribution in [1.82, 2.24) is 20.1 Å². The van der Waals surface area contributed by atoms with Crippen molar-refractivity contribution in [1.29, 1.82) is 5.26 Å². The summed E-state index contributed by atoms with van der Waals surface area (Å²) >= 11 is 0. The van der Waals surface area contributed by atoms with Crippen LogP contribution in [-0.2, 0) is 4.79 Å². The third kappa shape index (κ3) is 5.23. The predicted octanol–water partition coefficient (Wildman–Crippen LogP) is 2.99. The number of pyridine rings is 1. The molecule has 2 fully saturated rings. The van der Waals surface area contributed by atoms with E-state index in [0.717, 1.165) is 50.0 Å². The van der Waals surface area contributed by atoms with Crippen molar-refractivity contribution < 1.29 is 4.79 Å². The summed E-state index contributed by atoms with van der Waals surface area (Å²) in [6.45, 7) is 7.58. The second-order valence-electron chi connectivity index (χ2n) is 9.50. The van der Waals surface area contributed by atoms with E-state index in [1.165, 1.54) is 18.4 Å². The minimum atomic E-state index is 0.137. The monoisotopic (exact) mass is 419 g/mol. The predicted molar refractivity (Wildman–Crippen MR) is 123 cm³/mol. The number of rotatable bonds is 5. The van der Waals surface area contributed by atoms with Gasteiger partial charge in [0.05, 0.1) is 17.6 Å². The maximum atomic E-state index is 12.7. The number of hydrogen-bond acceptors (Lipinski definition) is 5. The Morgan fingerprint density at radius 3 is 2.84 bits per heavy atom. The second-order valence-corrected chi connectivity index (χ2v) is 9.50. The molecule has 3 heterocycles. The Labute approximate surface area is 185 Å². The van der Waals surface area contributed by atoms with Crippen LogP contribution in [0.4, 0.5) is 0 Å². The zero-order valence-corrected chi connectivity index (χ0v) is 18.7. The molecule has 2 aliphatic heterocycles. The van der Waals surface area contributed by atoms with Gasteiger partial charge in [0, 0.05) is 31.2 Å². The molecule has 6 heteroatoms. The molecule has 1 aromatic carbocycles. The van der Waals surface area contributed by atoms with Crippen molar-refractivity contribution in [2.24, 2.45) is 11.8 Å². The molecule has 31 heavy (non-hydrogen) atoms. The quantitative estimate of drug-likeness (QED) is 0.807. The maximum absolute atomic E-state index is 12.7. The Bertz CT molecular complexity index is 960. The van der Waals surface area contributed by atoms with Crippen molar-refractivity contribution >= 4 is 16.8 Å². The van der Waals surface area contributed by atoms with Gasteiger partial charge in [-0.3, -0.25) is 14.7 Å². The van der Waals surface area contributed by atoms with Gasteiger partial charge in [-0.1, -0.05) is 19.1 Å². The Morgan fingerprint density at radius 1 is 1.26 bits per heavy atom. The van der Waals surface area contributed by atoms with Crippen LogP contribution < -0.4 is 5.32 Å². The topological polar surface area (TPSA) is 72.3 Å². The molecule has 2 aromatic rings. The van der Waals surface area contributed by atoms with Crippen LogP contribution in [0.5, 0.6) is 0 Å². The summed E-state index contributed by atoms with van der Waals surface area (Å²) in [6, 6.07) is 10.2. The van der Waals surface area contributed by atoms with E-state index in [4.69, 9.17) is 0 Å². The number of likely N-dealkylation sites (tertiary alicyclic amines) is 2. The first-order valence-corrected chi connectivity index (χ1v) is 11.5. The highest BCUT2D eigenvalue weighted by Crippen LogP contribution is 2.34. The number of carbonyl (C=O) groups is 1. The highest BCUT2D eigenvalue weighted by atomic mass is 16.2. The fourth-order valence-electron chi connectivity index (χ4n) is 5.24. The van der Waals surface area contributed by atoms with Crippen LogP contribution in [0.3, 0.4) is 0 Å². The van der Waals surface area contributed by atoms with Crippen LogP contribution in [0.2, 0.25) is 0 Å². The van der Waals surface area contributed by atoms with E-state index in [2.05, 4.69) is 52.3 Å². The summed E-state index contributed by atoms with van der Waals surface area (Å²) in [5, 5.41) is 13.7. The van der Waals surface area contributed by atoms with Crippen LogP contribution in [0.1, 0.15) is 43.2 Å². The highest BCUT2D eigenvalue weighted by molar-refractivity contribution is 5.87. The molecule has 1 aromatic heterocycles. The Kier molecular flexibility index (Phi) is 6.84. The number of nitriles is 1. The third-order valence-electron chi connectivity index (χ3n) is 6.89. The third-order valence-corrected chi connectivity index (χ3v) is 6.89. The van der Waals surface area contributed by atoms with Gasteiger partial charge in [-0.25, -0.2) is 0 Å². The number of fused-ring (bicyclic) bond motifs is 1. The molecule has 164 valence electrons. The van der Waals surface area contributed by atoms with E-state index in [1.54, 1.807) is 6.20 Å². The van der Waals surface area contributed by atoms with Crippen LogP contribution in [0.15, 0.2) is 30.5 Å². The molecule has 4 rings (SSSR count). The number of aromatic nitrogens is 1. The van der Waals surface area contributed by atoms with Crippen molar-refractivity contribution in [3.8, 4) is 6.07 Å². The van der Waals surface area contributed by atoms with Gasteiger partial charge in [-0.05, 0) is 74.8 Å². The number of carbonyl (C=O) groups excluding carboxylic acids is 1. The highest BCUT2D eigenvalue weighted by Gasteiger charge is 2.28. The van der Waals surface area contributed by atoms with Crippen molar-refractivity contribution in [2.75, 3.05) is 46.3 Å². The Morgan fingerprint density at radius 2 is 2.06 bits per heavy atom. The Balaban J connectivity index is 1.40. The summed E-state index contributed by atoms with van der Waals surface area (Å²) in [4.78, 5) is 21.8. The number of benzene rings is 1. The van der Waals surface area contributed by atoms with Gasteiger partial charge in [-0.2, -0.15) is 5.26 Å².